The maximum Gasteiger partial charge on any atom is 0.141 e. The van der Waals surface area contributed by atoms with E-state index in [1.54, 1.807) is 19.6 Å². The Labute approximate surface area is 106 Å². The zero-order valence-electron chi connectivity index (χ0n) is 9.89. The summed E-state index contributed by atoms with van der Waals surface area (Å²) in [7, 11) is 1.78. The van der Waals surface area contributed by atoms with Gasteiger partial charge in [-0.05, 0) is 12.8 Å². The topological polar surface area (TPSA) is 76.1 Å². The molecule has 0 bridgehead atoms. The van der Waals surface area contributed by atoms with E-state index in [2.05, 4.69) is 10.3 Å². The Bertz CT molecular complexity index is 419. The fourth-order valence-corrected chi connectivity index (χ4v) is 2.94. The number of likely N-dealkylation sites (N-methyl/N-ethyl adjacent to an activating group) is 1. The molecule has 0 aliphatic heterocycles. The van der Waals surface area contributed by atoms with E-state index >= 15 is 0 Å². The minimum Gasteiger partial charge on any atom is -0.390 e. The predicted octanol–water partition coefficient (Wildman–Crippen LogP) is 0.642. The smallest absolute Gasteiger partial charge is 0.141 e. The third kappa shape index (κ3) is 1.91. The van der Waals surface area contributed by atoms with Gasteiger partial charge in [-0.3, -0.25) is 0 Å². The lowest BCUT2D eigenvalue weighted by molar-refractivity contribution is 0.0404. The van der Waals surface area contributed by atoms with Gasteiger partial charge in [0, 0.05) is 13.2 Å². The Morgan fingerprint density at radius 2 is 2.47 bits per heavy atom. The van der Waals surface area contributed by atoms with Gasteiger partial charge in [0.05, 0.1) is 12.4 Å². The molecule has 2 atom stereocenters. The molecule has 5 nitrogen and oxygen atoms in total. The average molecular weight is 254 g/mol. The number of hydrogen-bond acceptors (Lipinski definition) is 4. The van der Waals surface area contributed by atoms with Gasteiger partial charge in [-0.2, -0.15) is 0 Å². The van der Waals surface area contributed by atoms with Crippen molar-refractivity contribution in [2.75, 3.05) is 12.8 Å². The Hall–Kier alpha value is -1.14. The van der Waals surface area contributed by atoms with Crippen LogP contribution in [0.1, 0.15) is 25.7 Å². The summed E-state index contributed by atoms with van der Waals surface area (Å²) in [4.78, 5) is 4.67. The lowest BCUT2D eigenvalue weighted by atomic mass is 9.78. The first kappa shape index (κ1) is 12.3. The van der Waals surface area contributed by atoms with Crippen molar-refractivity contribution in [3.05, 3.63) is 12.5 Å². The number of aliphatic hydroxyl groups excluding tert-OH is 1. The number of thiocarbonyl (C=S) groups is 1. The largest absolute Gasteiger partial charge is 0.390 e. The molecule has 0 radical (unpaired) electrons. The minimum atomic E-state index is -0.590. The standard InChI is InChI=1S/C11H18N4OS/c1-13-10(17)11(5-3-2-4-8(11)16)15-6-9(12)14-7-15/h6-8,16H,2-5,12H2,1H3,(H,13,17). The van der Waals surface area contributed by atoms with Crippen molar-refractivity contribution < 1.29 is 5.11 Å². The van der Waals surface area contributed by atoms with Crippen molar-refractivity contribution in [1.29, 1.82) is 0 Å². The molecule has 2 rings (SSSR count). The molecule has 1 fully saturated rings. The SMILES string of the molecule is CNC(=S)C1(n2cnc(N)c2)CCCCC1O. The minimum absolute atomic E-state index is 0.445. The molecule has 0 saturated heterocycles. The van der Waals surface area contributed by atoms with Gasteiger partial charge in [0.2, 0.25) is 0 Å². The van der Waals surface area contributed by atoms with Crippen LogP contribution in [0.5, 0.6) is 0 Å². The molecule has 1 aromatic heterocycles. The molecule has 1 aromatic rings. The predicted molar refractivity (Wildman–Crippen MR) is 70.7 cm³/mol. The van der Waals surface area contributed by atoms with Crippen LogP contribution in [0.15, 0.2) is 12.5 Å². The molecule has 94 valence electrons. The van der Waals surface area contributed by atoms with Gasteiger partial charge < -0.3 is 20.7 Å². The Balaban J connectivity index is 2.46. The maximum atomic E-state index is 10.4. The zero-order valence-corrected chi connectivity index (χ0v) is 10.7. The molecular formula is C11H18N4OS. The normalized spacial score (nSPS) is 28.9. The van der Waals surface area contributed by atoms with Crippen LogP contribution in [0.4, 0.5) is 5.82 Å². The lowest BCUT2D eigenvalue weighted by Crippen LogP contribution is -2.56. The van der Waals surface area contributed by atoms with Gasteiger partial charge >= 0.3 is 0 Å². The van der Waals surface area contributed by atoms with E-state index < -0.39 is 11.6 Å². The molecule has 6 heteroatoms. The molecule has 17 heavy (non-hydrogen) atoms. The molecule has 4 N–H and O–H groups in total. The molecule has 0 aromatic carbocycles. The monoisotopic (exact) mass is 254 g/mol. The summed E-state index contributed by atoms with van der Waals surface area (Å²) in [5, 5.41) is 13.4. The second-order valence-electron chi connectivity index (χ2n) is 4.47. The summed E-state index contributed by atoms with van der Waals surface area (Å²) < 4.78 is 1.85. The summed E-state index contributed by atoms with van der Waals surface area (Å²) in [5.74, 6) is 0.445. The first-order chi connectivity index (χ1) is 8.11. The van der Waals surface area contributed by atoms with Crippen LogP contribution in [0.25, 0.3) is 0 Å². The van der Waals surface area contributed by atoms with E-state index in [-0.39, 0.29) is 0 Å². The number of nitrogens with two attached hydrogens (primary N) is 1. The van der Waals surface area contributed by atoms with Gasteiger partial charge in [-0.1, -0.05) is 25.1 Å². The van der Waals surface area contributed by atoms with Crippen molar-refractivity contribution in [3.63, 3.8) is 0 Å². The van der Waals surface area contributed by atoms with E-state index in [0.29, 0.717) is 10.8 Å². The number of nitrogens with zero attached hydrogens (tertiary/aromatic N) is 2. The van der Waals surface area contributed by atoms with Crippen molar-refractivity contribution in [1.82, 2.24) is 14.9 Å². The second kappa shape index (κ2) is 4.62. The summed E-state index contributed by atoms with van der Waals surface area (Å²) in [6, 6.07) is 0. The number of rotatable bonds is 2. The number of aromatic nitrogens is 2. The van der Waals surface area contributed by atoms with Crippen LogP contribution in [0.2, 0.25) is 0 Å². The lowest BCUT2D eigenvalue weighted by Gasteiger charge is -2.42. The molecular weight excluding hydrogens is 236 g/mol. The molecule has 1 saturated carbocycles. The highest BCUT2D eigenvalue weighted by atomic mass is 32.1. The Morgan fingerprint density at radius 1 is 1.71 bits per heavy atom. The van der Waals surface area contributed by atoms with Crippen molar-refractivity contribution in [2.45, 2.75) is 37.3 Å². The van der Waals surface area contributed by atoms with Gasteiger partial charge in [0.15, 0.2) is 0 Å². The van der Waals surface area contributed by atoms with Crippen molar-refractivity contribution >= 4 is 23.0 Å². The highest BCUT2D eigenvalue weighted by Crippen LogP contribution is 2.36. The molecule has 1 heterocycles. The number of nitrogen functional groups attached to an aromatic ring is 1. The average Bonchev–Trinajstić information content (AvgIpc) is 2.76. The molecule has 1 aliphatic rings. The Morgan fingerprint density at radius 3 is 3.00 bits per heavy atom. The van der Waals surface area contributed by atoms with Gasteiger partial charge in [-0.15, -0.1) is 0 Å². The van der Waals surface area contributed by atoms with Crippen LogP contribution >= 0.6 is 12.2 Å². The highest BCUT2D eigenvalue weighted by Gasteiger charge is 2.45. The number of hydrogen-bond donors (Lipinski definition) is 3. The van der Waals surface area contributed by atoms with Gasteiger partial charge in [0.25, 0.3) is 0 Å². The van der Waals surface area contributed by atoms with Crippen LogP contribution in [0.3, 0.4) is 0 Å². The number of nitrogens with one attached hydrogen (secondary N) is 1. The first-order valence-electron chi connectivity index (χ1n) is 5.81. The number of anilines is 1. The summed E-state index contributed by atoms with van der Waals surface area (Å²) in [5.41, 5.74) is 5.06. The van der Waals surface area contributed by atoms with E-state index in [0.717, 1.165) is 25.7 Å². The van der Waals surface area contributed by atoms with Gasteiger partial charge in [-0.25, -0.2) is 4.98 Å². The van der Waals surface area contributed by atoms with Crippen LogP contribution in [0, 0.1) is 0 Å². The van der Waals surface area contributed by atoms with E-state index in [1.165, 1.54) is 0 Å². The zero-order chi connectivity index (χ0) is 12.5. The maximum absolute atomic E-state index is 10.4. The fraction of sp³-hybridized carbons (Fsp3) is 0.636. The molecule has 2 unspecified atom stereocenters. The summed E-state index contributed by atoms with van der Waals surface area (Å²) in [6.45, 7) is 0. The fourth-order valence-electron chi connectivity index (χ4n) is 2.59. The molecule has 0 amide bonds. The number of imidazole rings is 1. The van der Waals surface area contributed by atoms with E-state index in [4.69, 9.17) is 18.0 Å². The Kier molecular flexibility index (Phi) is 3.35. The summed E-state index contributed by atoms with van der Waals surface area (Å²) in [6.07, 6.45) is 6.51. The quantitative estimate of drug-likeness (QED) is 0.675. The molecule has 1 aliphatic carbocycles. The van der Waals surface area contributed by atoms with Crippen LogP contribution in [-0.2, 0) is 5.54 Å². The van der Waals surface area contributed by atoms with Crippen LogP contribution < -0.4 is 11.1 Å². The van der Waals surface area contributed by atoms with Crippen molar-refractivity contribution in [2.24, 2.45) is 0 Å². The van der Waals surface area contributed by atoms with Crippen molar-refractivity contribution in [3.8, 4) is 0 Å². The van der Waals surface area contributed by atoms with Gasteiger partial charge in [0.1, 0.15) is 16.3 Å². The molecule has 0 spiro atoms. The third-order valence-electron chi connectivity index (χ3n) is 3.52. The van der Waals surface area contributed by atoms with E-state index in [1.807, 2.05) is 4.57 Å². The second-order valence-corrected chi connectivity index (χ2v) is 4.88. The van der Waals surface area contributed by atoms with E-state index in [9.17, 15) is 5.11 Å². The highest BCUT2D eigenvalue weighted by molar-refractivity contribution is 7.80. The summed E-state index contributed by atoms with van der Waals surface area (Å²) >= 11 is 5.40. The number of aliphatic hydroxyl groups is 1. The van der Waals surface area contributed by atoms with Crippen LogP contribution in [-0.4, -0.2) is 32.8 Å². The first-order valence-corrected chi connectivity index (χ1v) is 6.22. The third-order valence-corrected chi connectivity index (χ3v) is 4.08.